The first-order chi connectivity index (χ1) is 21.1. The Kier molecular flexibility index (Phi) is 13.6. The molecule has 5 atom stereocenters. The van der Waals surface area contributed by atoms with Crippen LogP contribution in [0.1, 0.15) is 38.5 Å². The van der Waals surface area contributed by atoms with E-state index in [-0.39, 0.29) is 18.3 Å². The first kappa shape index (κ1) is 35.7. The molecule has 4 aliphatic heterocycles. The fourth-order valence-corrected chi connectivity index (χ4v) is 29.2. The van der Waals surface area contributed by atoms with Gasteiger partial charge in [0.2, 0.25) is 0 Å². The summed E-state index contributed by atoms with van der Waals surface area (Å²) in [5, 5.41) is 0. The van der Waals surface area contributed by atoms with E-state index in [0.717, 1.165) is 88.8 Å². The maximum atomic E-state index is 7.26. The van der Waals surface area contributed by atoms with Crippen molar-refractivity contribution in [3.8, 4) is 0 Å². The standard InChI is InChI=1S/C29H58O11Si4/c1-41(15-5-11-30-19-26-9-10-26)37-42(2,16-6-12-31-20-27-23-34-27)39-44(4,18-8-14-33-22-29-25-36-29)40-43(3,38-41)17-7-13-32-21-28-24-35-28/h26-29H,5-25H2,1-4H3. The number of hydrogen-bond donors (Lipinski definition) is 0. The van der Waals surface area contributed by atoms with E-state index in [1.807, 2.05) is 0 Å². The highest BCUT2D eigenvalue weighted by atomic mass is 28.5. The monoisotopic (exact) mass is 694 g/mol. The highest BCUT2D eigenvalue weighted by Crippen LogP contribution is 2.39. The zero-order valence-electron chi connectivity index (χ0n) is 27.6. The predicted molar refractivity (Wildman–Crippen MR) is 174 cm³/mol. The van der Waals surface area contributed by atoms with Crippen molar-refractivity contribution in [3.05, 3.63) is 0 Å². The van der Waals surface area contributed by atoms with Crippen LogP contribution in [0.15, 0.2) is 0 Å². The molecule has 0 aromatic heterocycles. The summed E-state index contributed by atoms with van der Waals surface area (Å²) in [6.07, 6.45) is 7.01. The molecule has 5 fully saturated rings. The van der Waals surface area contributed by atoms with E-state index in [1.165, 1.54) is 12.8 Å². The molecule has 1 saturated carbocycles. The second-order valence-corrected chi connectivity index (χ2v) is 28.3. The molecule has 5 aliphatic rings. The lowest BCUT2D eigenvalue weighted by Crippen LogP contribution is -2.67. The van der Waals surface area contributed by atoms with Crippen LogP contribution in [0.25, 0.3) is 0 Å². The van der Waals surface area contributed by atoms with Gasteiger partial charge in [0, 0.05) is 33.0 Å². The molecule has 15 heteroatoms. The summed E-state index contributed by atoms with van der Waals surface area (Å²) < 4.78 is 68.6. The summed E-state index contributed by atoms with van der Waals surface area (Å²) in [4.78, 5) is 0. The van der Waals surface area contributed by atoms with Gasteiger partial charge in [-0.25, -0.2) is 0 Å². The topological polar surface area (TPSA) is 111 Å². The lowest BCUT2D eigenvalue weighted by molar-refractivity contribution is 0.112. The van der Waals surface area contributed by atoms with Gasteiger partial charge < -0.3 is 49.6 Å². The second kappa shape index (κ2) is 16.7. The Labute approximate surface area is 269 Å². The summed E-state index contributed by atoms with van der Waals surface area (Å²) in [6, 6.07) is 3.41. The van der Waals surface area contributed by atoms with Crippen LogP contribution in [0.5, 0.6) is 0 Å². The molecule has 0 N–H and O–H groups in total. The molecule has 4 heterocycles. The van der Waals surface area contributed by atoms with Gasteiger partial charge in [-0.2, -0.15) is 0 Å². The maximum absolute atomic E-state index is 7.26. The van der Waals surface area contributed by atoms with Crippen molar-refractivity contribution in [1.29, 1.82) is 0 Å². The van der Waals surface area contributed by atoms with Crippen LogP contribution in [0.3, 0.4) is 0 Å². The van der Waals surface area contributed by atoms with Crippen LogP contribution in [0, 0.1) is 5.92 Å². The molecule has 0 bridgehead atoms. The molecular weight excluding hydrogens is 637 g/mol. The average Bonchev–Trinajstić information content (AvgIpc) is 3.77. The molecule has 5 rings (SSSR count). The fourth-order valence-electron chi connectivity index (χ4n) is 5.97. The molecule has 0 aromatic rings. The second-order valence-electron chi connectivity index (χ2n) is 14.0. The van der Waals surface area contributed by atoms with Crippen molar-refractivity contribution in [3.63, 3.8) is 0 Å². The van der Waals surface area contributed by atoms with Crippen LogP contribution in [-0.4, -0.2) is 125 Å². The Morgan fingerprint density at radius 3 is 0.977 bits per heavy atom. The van der Waals surface area contributed by atoms with Gasteiger partial charge in [-0.05, 0) is 94.8 Å². The van der Waals surface area contributed by atoms with Gasteiger partial charge in [0.15, 0.2) is 0 Å². The Morgan fingerprint density at radius 1 is 0.455 bits per heavy atom. The summed E-state index contributed by atoms with van der Waals surface area (Å²) in [5.74, 6) is 0.766. The molecule has 4 saturated heterocycles. The van der Waals surface area contributed by atoms with Gasteiger partial charge in [-0.3, -0.25) is 0 Å². The molecule has 0 aromatic carbocycles. The Morgan fingerprint density at radius 2 is 0.727 bits per heavy atom. The third kappa shape index (κ3) is 13.9. The van der Waals surface area contributed by atoms with Gasteiger partial charge in [-0.1, -0.05) is 0 Å². The van der Waals surface area contributed by atoms with Gasteiger partial charge in [0.05, 0.1) is 39.6 Å². The van der Waals surface area contributed by atoms with Crippen LogP contribution in [-0.2, 0) is 49.6 Å². The Balaban J connectivity index is 1.22. The Bertz CT molecular complexity index is 713. The SMILES string of the molecule is C[Si]1(CCCOCC2CC2)O[Si](C)(CCCOCC2CO2)O[Si](C)(CCCOCC2CO2)O[Si](C)(CCCOCC2CO2)O1. The van der Waals surface area contributed by atoms with E-state index < -0.39 is 34.2 Å². The molecule has 0 amide bonds. The average molecular weight is 695 g/mol. The van der Waals surface area contributed by atoms with Crippen molar-refractivity contribution < 1.29 is 49.6 Å². The highest BCUT2D eigenvalue weighted by molar-refractivity contribution is 6.93. The van der Waals surface area contributed by atoms with Gasteiger partial charge in [0.25, 0.3) is 0 Å². The lowest BCUT2D eigenvalue weighted by Gasteiger charge is -2.50. The first-order valence-corrected chi connectivity index (χ1v) is 27.2. The smallest absolute Gasteiger partial charge is 0.317 e. The quantitative estimate of drug-likeness (QED) is 0.0804. The summed E-state index contributed by atoms with van der Waals surface area (Å²) >= 11 is 0. The van der Waals surface area contributed by atoms with Crippen LogP contribution < -0.4 is 0 Å². The molecule has 1 aliphatic carbocycles. The van der Waals surface area contributed by atoms with Crippen molar-refractivity contribution in [2.45, 2.75) is 107 Å². The predicted octanol–water partition coefficient (Wildman–Crippen LogP) is 4.59. The minimum absolute atomic E-state index is 0.272. The summed E-state index contributed by atoms with van der Waals surface area (Å²) in [6.45, 7) is 17.0. The van der Waals surface area contributed by atoms with Gasteiger partial charge in [0.1, 0.15) is 18.3 Å². The first-order valence-electron chi connectivity index (χ1n) is 17.1. The van der Waals surface area contributed by atoms with Gasteiger partial charge >= 0.3 is 34.2 Å². The minimum atomic E-state index is -2.68. The van der Waals surface area contributed by atoms with Crippen molar-refractivity contribution in [2.24, 2.45) is 5.92 Å². The normalized spacial score (nSPS) is 38.3. The maximum Gasteiger partial charge on any atom is 0.317 e. The highest BCUT2D eigenvalue weighted by Gasteiger charge is 2.56. The number of ether oxygens (including phenoxy) is 7. The van der Waals surface area contributed by atoms with Crippen molar-refractivity contribution in [2.75, 3.05) is 72.7 Å². The summed E-state index contributed by atoms with van der Waals surface area (Å²) in [5.41, 5.74) is 0. The Hall–Kier alpha value is 0.428. The molecule has 0 spiro atoms. The number of rotatable bonds is 24. The molecular formula is C29H58O11Si4. The van der Waals surface area contributed by atoms with Crippen molar-refractivity contribution >= 4 is 34.2 Å². The van der Waals surface area contributed by atoms with Crippen LogP contribution in [0.4, 0.5) is 0 Å². The molecule has 0 radical (unpaired) electrons. The van der Waals surface area contributed by atoms with E-state index >= 15 is 0 Å². The third-order valence-electron chi connectivity index (χ3n) is 8.57. The third-order valence-corrected chi connectivity index (χ3v) is 27.4. The fraction of sp³-hybridized carbons (Fsp3) is 1.00. The molecule has 256 valence electrons. The lowest BCUT2D eigenvalue weighted by atomic mass is 10.4. The molecule has 44 heavy (non-hydrogen) atoms. The molecule has 5 unspecified atom stereocenters. The van der Waals surface area contributed by atoms with E-state index in [4.69, 9.17) is 49.6 Å². The van der Waals surface area contributed by atoms with Crippen LogP contribution in [0.2, 0.25) is 50.4 Å². The zero-order chi connectivity index (χ0) is 30.9. The zero-order valence-corrected chi connectivity index (χ0v) is 31.6. The molecule has 11 nitrogen and oxygen atoms in total. The van der Waals surface area contributed by atoms with Crippen LogP contribution >= 0.6 is 0 Å². The van der Waals surface area contributed by atoms with Gasteiger partial charge in [-0.15, -0.1) is 0 Å². The van der Waals surface area contributed by atoms with Crippen molar-refractivity contribution in [1.82, 2.24) is 0 Å². The van der Waals surface area contributed by atoms with E-state index in [9.17, 15) is 0 Å². The number of hydrogen-bond acceptors (Lipinski definition) is 11. The number of epoxide rings is 3. The van der Waals surface area contributed by atoms with E-state index in [2.05, 4.69) is 26.2 Å². The largest absolute Gasteiger partial charge is 0.416 e. The minimum Gasteiger partial charge on any atom is -0.416 e. The van der Waals surface area contributed by atoms with E-state index in [1.54, 1.807) is 0 Å². The van der Waals surface area contributed by atoms with E-state index in [0.29, 0.717) is 39.6 Å². The summed E-state index contributed by atoms with van der Waals surface area (Å²) in [7, 11) is -10.7.